The first-order chi connectivity index (χ1) is 16.1. The van der Waals surface area contributed by atoms with E-state index < -0.39 is 23.9 Å². The molecule has 5 saturated carbocycles. The van der Waals surface area contributed by atoms with E-state index in [1.165, 1.54) is 12.8 Å². The number of hydrogen-bond donors (Lipinski definition) is 4. The summed E-state index contributed by atoms with van der Waals surface area (Å²) in [6, 6.07) is 0. The van der Waals surface area contributed by atoms with Gasteiger partial charge in [0.25, 0.3) is 0 Å². The summed E-state index contributed by atoms with van der Waals surface area (Å²) < 4.78 is 6.59. The second-order valence-corrected chi connectivity index (χ2v) is 15.7. The summed E-state index contributed by atoms with van der Waals surface area (Å²) in [6.07, 6.45) is 6.23. The van der Waals surface area contributed by atoms with Crippen molar-refractivity contribution in [2.75, 3.05) is 0 Å². The molecule has 5 heteroatoms. The van der Waals surface area contributed by atoms with Gasteiger partial charge in [-0.2, -0.15) is 0 Å². The van der Waals surface area contributed by atoms with Gasteiger partial charge in [-0.1, -0.05) is 34.6 Å². The lowest BCUT2D eigenvalue weighted by atomic mass is 9.41. The van der Waals surface area contributed by atoms with Gasteiger partial charge < -0.3 is 25.2 Å². The lowest BCUT2D eigenvalue weighted by Crippen LogP contribution is -2.59. The highest BCUT2D eigenvalue weighted by atomic mass is 16.5. The summed E-state index contributed by atoms with van der Waals surface area (Å²) in [5.74, 6) is 1.64. The summed E-state index contributed by atoms with van der Waals surface area (Å²) in [7, 11) is 0. The fraction of sp³-hybridized carbons (Fsp3) is 1.00. The van der Waals surface area contributed by atoms with Gasteiger partial charge in [-0.15, -0.1) is 0 Å². The third-order valence-electron chi connectivity index (χ3n) is 13.9. The molecule has 13 atom stereocenters. The Bertz CT molecular complexity index is 896. The van der Waals surface area contributed by atoms with Gasteiger partial charge in [-0.3, -0.25) is 0 Å². The van der Waals surface area contributed by atoms with Crippen molar-refractivity contribution < 1.29 is 25.2 Å². The van der Waals surface area contributed by atoms with Crippen LogP contribution in [0.2, 0.25) is 0 Å². The van der Waals surface area contributed by atoms with Crippen LogP contribution in [0.1, 0.15) is 99.8 Å². The molecule has 0 radical (unpaired) electrons. The van der Waals surface area contributed by atoms with E-state index in [0.29, 0.717) is 28.6 Å². The van der Waals surface area contributed by atoms with Gasteiger partial charge in [0.1, 0.15) is 6.10 Å². The molecule has 35 heavy (non-hydrogen) atoms. The van der Waals surface area contributed by atoms with Gasteiger partial charge >= 0.3 is 0 Å². The Morgan fingerprint density at radius 2 is 1.54 bits per heavy atom. The van der Waals surface area contributed by atoms with E-state index in [4.69, 9.17) is 4.74 Å². The zero-order chi connectivity index (χ0) is 25.6. The van der Waals surface area contributed by atoms with Crippen LogP contribution in [0.4, 0.5) is 0 Å². The molecule has 4 N–H and O–H groups in total. The van der Waals surface area contributed by atoms with Crippen LogP contribution in [-0.4, -0.2) is 56.5 Å². The van der Waals surface area contributed by atoms with Crippen LogP contribution in [0.15, 0.2) is 0 Å². The molecular formula is C30H50O5. The first-order valence-corrected chi connectivity index (χ1v) is 14.5. The molecule has 5 aliphatic carbocycles. The van der Waals surface area contributed by atoms with Crippen molar-refractivity contribution >= 4 is 0 Å². The number of hydrogen-bond acceptors (Lipinski definition) is 5. The predicted octanol–water partition coefficient (Wildman–Crippen LogP) is 4.29. The maximum absolute atomic E-state index is 12.2. The monoisotopic (exact) mass is 490 g/mol. The summed E-state index contributed by atoms with van der Waals surface area (Å²) in [4.78, 5) is 0. The first-order valence-electron chi connectivity index (χ1n) is 14.5. The van der Waals surface area contributed by atoms with E-state index >= 15 is 0 Å². The molecule has 0 aromatic carbocycles. The van der Waals surface area contributed by atoms with Crippen LogP contribution in [-0.2, 0) is 4.74 Å². The third-order valence-corrected chi connectivity index (χ3v) is 13.9. The SMILES string of the molecule is C[C@@H]1CC(C(O)C(C)(C)O)OC2[C@H]1C1(C)CCC34CC35CC[C@H](O)C(C)(C)[C@@H]5CCC4[C@]1(C)[C@H]2O. The Morgan fingerprint density at radius 3 is 2.20 bits per heavy atom. The lowest BCUT2D eigenvalue weighted by Gasteiger charge is -2.63. The van der Waals surface area contributed by atoms with Crippen LogP contribution in [0.25, 0.3) is 0 Å². The highest BCUT2D eigenvalue weighted by Crippen LogP contribution is 2.89. The number of rotatable bonds is 2. The Labute approximate surface area is 212 Å². The number of fused-ring (bicyclic) bond motifs is 4. The summed E-state index contributed by atoms with van der Waals surface area (Å²) in [5.41, 5.74) is -0.860. The minimum Gasteiger partial charge on any atom is -0.393 e. The molecule has 6 aliphatic rings. The standard InChI is InChI=1S/C30H50O5/c1-16-14-17(23(32)26(4,5)34)35-22-21(16)27(6)12-13-30-15-29(30)11-10-20(31)25(2,3)18(29)8-9-19(30)28(27,7)24(22)33/h16-24,31-34H,8-15H2,1-7H3/t16-,17?,18+,19?,20+,21+,22?,23?,24+,27?,28-,29?,30?/m1/s1. The molecule has 1 aliphatic heterocycles. The summed E-state index contributed by atoms with van der Waals surface area (Å²) >= 11 is 0. The molecule has 6 rings (SSSR count). The zero-order valence-electron chi connectivity index (χ0n) is 23.1. The number of aliphatic hydroxyl groups excluding tert-OH is 3. The molecule has 0 aromatic heterocycles. The van der Waals surface area contributed by atoms with Crippen molar-refractivity contribution in [3.63, 3.8) is 0 Å². The van der Waals surface area contributed by atoms with Gasteiger partial charge in [0.2, 0.25) is 0 Å². The highest BCUT2D eigenvalue weighted by Gasteiger charge is 2.84. The largest absolute Gasteiger partial charge is 0.393 e. The van der Waals surface area contributed by atoms with Gasteiger partial charge in [-0.05, 0) is 111 Å². The second-order valence-electron chi connectivity index (χ2n) is 15.7. The van der Waals surface area contributed by atoms with E-state index in [0.717, 1.165) is 38.5 Å². The van der Waals surface area contributed by atoms with Crippen molar-refractivity contribution in [2.24, 2.45) is 50.7 Å². The summed E-state index contributed by atoms with van der Waals surface area (Å²) in [5, 5.41) is 44.4. The molecule has 200 valence electrons. The zero-order valence-corrected chi connectivity index (χ0v) is 23.1. The van der Waals surface area contributed by atoms with Crippen LogP contribution in [0.3, 0.4) is 0 Å². The number of ether oxygens (including phenoxy) is 1. The van der Waals surface area contributed by atoms with Crippen molar-refractivity contribution in [1.29, 1.82) is 0 Å². The molecule has 5 nitrogen and oxygen atoms in total. The molecule has 2 spiro atoms. The summed E-state index contributed by atoms with van der Waals surface area (Å²) in [6.45, 7) is 15.0. The molecule has 0 bridgehead atoms. The Morgan fingerprint density at radius 1 is 0.914 bits per heavy atom. The maximum Gasteiger partial charge on any atom is 0.108 e. The van der Waals surface area contributed by atoms with E-state index in [9.17, 15) is 20.4 Å². The number of aliphatic hydroxyl groups is 4. The molecule has 0 aromatic rings. The molecule has 1 heterocycles. The third kappa shape index (κ3) is 2.73. The molecule has 0 amide bonds. The van der Waals surface area contributed by atoms with Crippen LogP contribution >= 0.6 is 0 Å². The van der Waals surface area contributed by atoms with E-state index in [-0.39, 0.29) is 34.4 Å². The predicted molar refractivity (Wildman–Crippen MR) is 134 cm³/mol. The lowest BCUT2D eigenvalue weighted by molar-refractivity contribution is -0.202. The van der Waals surface area contributed by atoms with Crippen LogP contribution in [0, 0.1) is 50.7 Å². The Kier molecular flexibility index (Phi) is 5.06. The minimum atomic E-state index is -1.23. The molecule has 6 fully saturated rings. The van der Waals surface area contributed by atoms with Crippen LogP contribution in [0.5, 0.6) is 0 Å². The van der Waals surface area contributed by atoms with Crippen LogP contribution < -0.4 is 0 Å². The topological polar surface area (TPSA) is 90.2 Å². The van der Waals surface area contributed by atoms with Crippen molar-refractivity contribution in [3.05, 3.63) is 0 Å². The fourth-order valence-corrected chi connectivity index (χ4v) is 12.0. The Hall–Kier alpha value is -0.200. The van der Waals surface area contributed by atoms with Crippen molar-refractivity contribution in [1.82, 2.24) is 0 Å². The first kappa shape index (κ1) is 25.1. The smallest absolute Gasteiger partial charge is 0.108 e. The maximum atomic E-state index is 12.2. The second kappa shape index (κ2) is 7.05. The molecule has 7 unspecified atom stereocenters. The average Bonchev–Trinajstić information content (AvgIpc) is 3.40. The fourth-order valence-electron chi connectivity index (χ4n) is 12.0. The molecule has 1 saturated heterocycles. The van der Waals surface area contributed by atoms with E-state index in [2.05, 4.69) is 34.6 Å². The Balaban J connectivity index is 1.36. The quantitative estimate of drug-likeness (QED) is 0.464. The molecular weight excluding hydrogens is 440 g/mol. The van der Waals surface area contributed by atoms with E-state index in [1.54, 1.807) is 13.8 Å². The van der Waals surface area contributed by atoms with Gasteiger partial charge in [0.05, 0.1) is 30.0 Å². The van der Waals surface area contributed by atoms with Crippen molar-refractivity contribution in [3.8, 4) is 0 Å². The minimum absolute atomic E-state index is 0.00259. The normalized spacial score (nSPS) is 59.4. The van der Waals surface area contributed by atoms with Gasteiger partial charge in [0.15, 0.2) is 0 Å². The van der Waals surface area contributed by atoms with E-state index in [1.807, 2.05) is 0 Å². The van der Waals surface area contributed by atoms with Gasteiger partial charge in [0, 0.05) is 5.41 Å². The highest BCUT2D eigenvalue weighted by molar-refractivity contribution is 5.32. The van der Waals surface area contributed by atoms with Crippen molar-refractivity contribution in [2.45, 2.75) is 136 Å². The average molecular weight is 491 g/mol. The van der Waals surface area contributed by atoms with Gasteiger partial charge in [-0.25, -0.2) is 0 Å².